The zero-order valence-corrected chi connectivity index (χ0v) is 25.4. The van der Waals surface area contributed by atoms with Crippen LogP contribution in [0.2, 0.25) is 0 Å². The molecule has 0 spiro atoms. The van der Waals surface area contributed by atoms with E-state index in [4.69, 9.17) is 14.5 Å². The van der Waals surface area contributed by atoms with Gasteiger partial charge in [-0.25, -0.2) is 24.7 Å². The Kier molecular flexibility index (Phi) is 8.86. The van der Waals surface area contributed by atoms with Crippen LogP contribution in [0.1, 0.15) is 46.5 Å². The van der Waals surface area contributed by atoms with Gasteiger partial charge in [0.2, 0.25) is 11.8 Å². The topological polar surface area (TPSA) is 114 Å². The van der Waals surface area contributed by atoms with Gasteiger partial charge in [-0.15, -0.1) is 11.3 Å². The van der Waals surface area contributed by atoms with Gasteiger partial charge >= 0.3 is 6.09 Å². The Bertz CT molecular complexity index is 1560. The van der Waals surface area contributed by atoms with Crippen LogP contribution in [0.15, 0.2) is 59.2 Å². The minimum Gasteiger partial charge on any atom is -0.444 e. The number of carbonyl (C=O) groups excluding carboxylic acids is 1. The summed E-state index contributed by atoms with van der Waals surface area (Å²) in [5, 5.41) is 8.41. The summed E-state index contributed by atoms with van der Waals surface area (Å²) in [6.45, 7) is 5.60. The quantitative estimate of drug-likeness (QED) is 0.167. The van der Waals surface area contributed by atoms with Gasteiger partial charge in [-0.05, 0) is 64.7 Å². The molecule has 2 heterocycles. The average molecular weight is 588 g/mol. The van der Waals surface area contributed by atoms with Gasteiger partial charge in [-0.2, -0.15) is 0 Å². The van der Waals surface area contributed by atoms with Crippen LogP contribution in [0, 0.1) is 0 Å². The molecule has 10 nitrogen and oxygen atoms in total. The first-order valence-corrected chi connectivity index (χ1v) is 15.0. The van der Waals surface area contributed by atoms with Gasteiger partial charge in [0.05, 0.1) is 23.2 Å². The molecule has 1 saturated carbocycles. The number of nitrogens with one attached hydrogen (secondary N) is 2. The van der Waals surface area contributed by atoms with Crippen molar-refractivity contribution in [3.05, 3.63) is 54.2 Å². The molecule has 2 aromatic heterocycles. The molecule has 42 heavy (non-hydrogen) atoms. The van der Waals surface area contributed by atoms with Crippen molar-refractivity contribution in [1.29, 1.82) is 0 Å². The number of alkyl carbamates (subject to hydrolysis) is 1. The molecule has 220 valence electrons. The van der Waals surface area contributed by atoms with Crippen LogP contribution in [0.5, 0.6) is 11.6 Å². The highest BCUT2D eigenvalue weighted by Gasteiger charge is 2.25. The van der Waals surface area contributed by atoms with Crippen LogP contribution in [0.25, 0.3) is 21.3 Å². The normalized spacial score (nSPS) is 17.3. The Hall–Kier alpha value is -4.25. The summed E-state index contributed by atoms with van der Waals surface area (Å²) in [6.07, 6.45) is 6.67. The first-order chi connectivity index (χ1) is 20.1. The number of hydrogen-bond donors (Lipinski definition) is 2. The van der Waals surface area contributed by atoms with Gasteiger partial charge in [0.15, 0.2) is 0 Å². The van der Waals surface area contributed by atoms with E-state index in [0.29, 0.717) is 17.6 Å². The highest BCUT2D eigenvalue weighted by atomic mass is 32.1. The zero-order chi connectivity index (χ0) is 29.7. The molecular formula is C31H37N7O3S. The van der Waals surface area contributed by atoms with Crippen LogP contribution < -0.4 is 15.4 Å². The monoisotopic (exact) mass is 587 g/mol. The maximum absolute atomic E-state index is 12.1. The number of fused-ring (bicyclic) bond motifs is 1. The van der Waals surface area contributed by atoms with Crippen LogP contribution in [-0.2, 0) is 4.74 Å². The second-order valence-corrected chi connectivity index (χ2v) is 12.4. The molecule has 4 aromatic rings. The molecule has 1 fully saturated rings. The summed E-state index contributed by atoms with van der Waals surface area (Å²) in [7, 11) is 3.88. The summed E-state index contributed by atoms with van der Waals surface area (Å²) >= 11 is 1.47. The lowest BCUT2D eigenvalue weighted by Crippen LogP contribution is -2.42. The molecule has 1 aliphatic carbocycles. The second-order valence-electron chi connectivity index (χ2n) is 11.5. The minimum atomic E-state index is -0.506. The van der Waals surface area contributed by atoms with E-state index < -0.39 is 5.60 Å². The number of aliphatic imine (C=N–C) groups is 1. The van der Waals surface area contributed by atoms with Crippen LogP contribution in [-0.4, -0.2) is 64.1 Å². The standard InChI is InChI=1S/C31H37N7O3S/c1-31(2,3)41-30(39)36-21-12-10-20(11-13-21)35-29-32-17-16-25(37-29)27-28(34-19-42-27)40-26-15-14-24(33-18-38(4)5)22-8-6-7-9-23(22)26/h6-9,14-21H,10-13H2,1-5H3,(H,36,39)(H,32,35,37)/t20-,21-. The van der Waals surface area contributed by atoms with E-state index in [-0.39, 0.29) is 18.2 Å². The third-order valence-electron chi connectivity index (χ3n) is 6.70. The van der Waals surface area contributed by atoms with E-state index in [1.165, 1.54) is 11.3 Å². The number of nitrogens with zero attached hydrogens (tertiary/aromatic N) is 5. The van der Waals surface area contributed by atoms with Crippen molar-refractivity contribution in [2.24, 2.45) is 4.99 Å². The Morgan fingerprint density at radius 2 is 1.76 bits per heavy atom. The largest absolute Gasteiger partial charge is 0.444 e. The predicted molar refractivity (Wildman–Crippen MR) is 168 cm³/mol. The Morgan fingerprint density at radius 1 is 1.02 bits per heavy atom. The number of thiazole rings is 1. The van der Waals surface area contributed by atoms with E-state index in [0.717, 1.165) is 52.7 Å². The van der Waals surface area contributed by atoms with Gasteiger partial charge in [0.25, 0.3) is 0 Å². The average Bonchev–Trinajstić information content (AvgIpc) is 3.41. The first kappa shape index (κ1) is 29.2. The second kappa shape index (κ2) is 12.7. The van der Waals surface area contributed by atoms with Crippen LogP contribution in [0.3, 0.4) is 0 Å². The maximum atomic E-state index is 12.1. The molecule has 0 saturated heterocycles. The van der Waals surface area contributed by atoms with Gasteiger partial charge in [-0.3, -0.25) is 0 Å². The SMILES string of the molecule is CN(C)C=Nc1ccc(Oc2ncsc2-c2ccnc(N[C@H]3CC[C@H](NC(=O)OC(C)(C)C)CC3)n2)c2ccccc12. The molecule has 2 aromatic carbocycles. The number of anilines is 1. The molecule has 5 rings (SSSR count). The van der Waals surface area contributed by atoms with Crippen molar-refractivity contribution in [2.75, 3.05) is 19.4 Å². The van der Waals surface area contributed by atoms with E-state index in [1.54, 1.807) is 18.0 Å². The van der Waals surface area contributed by atoms with E-state index in [9.17, 15) is 4.79 Å². The molecule has 11 heteroatoms. The molecule has 0 unspecified atom stereocenters. The Morgan fingerprint density at radius 3 is 2.50 bits per heavy atom. The molecule has 1 amide bonds. The van der Waals surface area contributed by atoms with Gasteiger partial charge in [-0.1, -0.05) is 24.3 Å². The van der Waals surface area contributed by atoms with Crippen molar-refractivity contribution >= 4 is 46.2 Å². The fourth-order valence-corrected chi connectivity index (χ4v) is 5.49. The third-order valence-corrected chi connectivity index (χ3v) is 7.53. The first-order valence-electron chi connectivity index (χ1n) is 14.1. The number of hydrogen-bond acceptors (Lipinski definition) is 9. The third kappa shape index (κ3) is 7.52. The summed E-state index contributed by atoms with van der Waals surface area (Å²) in [5.41, 5.74) is 2.86. The van der Waals surface area contributed by atoms with Crippen molar-refractivity contribution < 1.29 is 14.3 Å². The van der Waals surface area contributed by atoms with Crippen molar-refractivity contribution in [3.63, 3.8) is 0 Å². The number of ether oxygens (including phenoxy) is 2. The fraction of sp³-hybridized carbons (Fsp3) is 0.387. The van der Waals surface area contributed by atoms with Crippen molar-refractivity contribution in [3.8, 4) is 22.2 Å². The maximum Gasteiger partial charge on any atom is 0.407 e. The van der Waals surface area contributed by atoms with Gasteiger partial charge in [0, 0.05) is 43.1 Å². The molecule has 0 bridgehead atoms. The summed E-state index contributed by atoms with van der Waals surface area (Å²) in [4.78, 5) is 33.2. The van der Waals surface area contributed by atoms with Gasteiger partial charge < -0.3 is 25.0 Å². The number of rotatable bonds is 8. The lowest BCUT2D eigenvalue weighted by Gasteiger charge is -2.30. The highest BCUT2D eigenvalue weighted by molar-refractivity contribution is 7.13. The summed E-state index contributed by atoms with van der Waals surface area (Å²) in [5.74, 6) is 1.75. The highest BCUT2D eigenvalue weighted by Crippen LogP contribution is 2.39. The van der Waals surface area contributed by atoms with Gasteiger partial charge in [0.1, 0.15) is 16.2 Å². The molecule has 1 aliphatic rings. The predicted octanol–water partition coefficient (Wildman–Crippen LogP) is 7.01. The number of benzene rings is 2. The molecule has 0 aliphatic heterocycles. The zero-order valence-electron chi connectivity index (χ0n) is 24.6. The Labute approximate surface area is 250 Å². The lowest BCUT2D eigenvalue weighted by atomic mass is 9.91. The molecule has 0 atom stereocenters. The van der Waals surface area contributed by atoms with Crippen molar-refractivity contribution in [1.82, 2.24) is 25.2 Å². The molecule has 0 radical (unpaired) electrons. The lowest BCUT2D eigenvalue weighted by molar-refractivity contribution is 0.0492. The number of amides is 1. The smallest absolute Gasteiger partial charge is 0.407 e. The molecular weight excluding hydrogens is 550 g/mol. The van der Waals surface area contributed by atoms with Crippen LogP contribution >= 0.6 is 11.3 Å². The van der Waals surface area contributed by atoms with E-state index in [2.05, 4.69) is 25.6 Å². The van der Waals surface area contributed by atoms with Crippen molar-refractivity contribution in [2.45, 2.75) is 64.1 Å². The minimum absolute atomic E-state index is 0.104. The van der Waals surface area contributed by atoms with Crippen LogP contribution in [0.4, 0.5) is 16.4 Å². The van der Waals surface area contributed by atoms with E-state index >= 15 is 0 Å². The summed E-state index contributed by atoms with van der Waals surface area (Å²) < 4.78 is 11.8. The number of carbonyl (C=O) groups is 1. The molecule has 2 N–H and O–H groups in total. The fourth-order valence-electron chi connectivity index (χ4n) is 4.81. The van der Waals surface area contributed by atoms with E-state index in [1.807, 2.05) is 82.2 Å². The summed E-state index contributed by atoms with van der Waals surface area (Å²) in [6, 6.07) is 14.1. The Balaban J connectivity index is 1.26. The number of aromatic nitrogens is 3.